The minimum atomic E-state index is 0.379. The van der Waals surface area contributed by atoms with Crippen molar-refractivity contribution in [1.82, 2.24) is 5.32 Å². The Morgan fingerprint density at radius 3 is 2.53 bits per heavy atom. The van der Waals surface area contributed by atoms with Crippen molar-refractivity contribution in [2.45, 2.75) is 25.7 Å². The molecular weight excluding hydrogens is 212 g/mol. The quantitative estimate of drug-likeness (QED) is 0.680. The molecule has 1 aromatic carbocycles. The Balaban J connectivity index is 2.53. The summed E-state index contributed by atoms with van der Waals surface area (Å²) in [5, 5.41) is 3.16. The fourth-order valence-electron chi connectivity index (χ4n) is 1.75. The third-order valence-electron chi connectivity index (χ3n) is 2.85. The molecule has 0 saturated heterocycles. The molecule has 3 N–H and O–H groups in total. The maximum absolute atomic E-state index is 5.76. The predicted molar refractivity (Wildman–Crippen MR) is 72.6 cm³/mol. The second kappa shape index (κ2) is 8.09. The maximum atomic E-state index is 5.76. The van der Waals surface area contributed by atoms with E-state index in [0.717, 1.165) is 31.7 Å². The largest absolute Gasteiger partial charge is 0.494 e. The van der Waals surface area contributed by atoms with Crippen LogP contribution in [0.3, 0.4) is 0 Å². The van der Waals surface area contributed by atoms with Gasteiger partial charge >= 0.3 is 0 Å². The van der Waals surface area contributed by atoms with Crippen LogP contribution < -0.4 is 15.8 Å². The van der Waals surface area contributed by atoms with E-state index >= 15 is 0 Å². The van der Waals surface area contributed by atoms with Crippen molar-refractivity contribution in [2.24, 2.45) is 5.73 Å². The van der Waals surface area contributed by atoms with Crippen molar-refractivity contribution < 1.29 is 4.74 Å². The molecule has 0 spiro atoms. The third-order valence-corrected chi connectivity index (χ3v) is 2.85. The Morgan fingerprint density at radius 1 is 1.29 bits per heavy atom. The van der Waals surface area contributed by atoms with Gasteiger partial charge in [0.05, 0.1) is 6.61 Å². The third kappa shape index (κ3) is 4.75. The van der Waals surface area contributed by atoms with Gasteiger partial charge in [0.15, 0.2) is 0 Å². The minimum absolute atomic E-state index is 0.379. The zero-order valence-electron chi connectivity index (χ0n) is 10.9. The van der Waals surface area contributed by atoms with Crippen LogP contribution in [0.5, 0.6) is 5.75 Å². The average molecular weight is 236 g/mol. The van der Waals surface area contributed by atoms with E-state index in [0.29, 0.717) is 12.5 Å². The maximum Gasteiger partial charge on any atom is 0.119 e. The van der Waals surface area contributed by atoms with Crippen molar-refractivity contribution >= 4 is 0 Å². The number of hydrogen-bond donors (Lipinski definition) is 2. The van der Waals surface area contributed by atoms with Crippen molar-refractivity contribution in [3.63, 3.8) is 0 Å². The molecule has 3 nitrogen and oxygen atoms in total. The molecule has 0 saturated carbocycles. The Bertz CT molecular complexity index is 298. The van der Waals surface area contributed by atoms with Crippen LogP contribution in [0.1, 0.15) is 31.2 Å². The molecule has 0 aromatic heterocycles. The second-order valence-electron chi connectivity index (χ2n) is 4.26. The van der Waals surface area contributed by atoms with Crippen LogP contribution in [0.25, 0.3) is 0 Å². The summed E-state index contributed by atoms with van der Waals surface area (Å²) in [6.07, 6.45) is 2.27. The molecule has 0 amide bonds. The second-order valence-corrected chi connectivity index (χ2v) is 4.26. The molecule has 0 heterocycles. The van der Waals surface area contributed by atoms with E-state index in [1.807, 2.05) is 19.2 Å². The molecule has 0 radical (unpaired) electrons. The summed E-state index contributed by atoms with van der Waals surface area (Å²) >= 11 is 0. The minimum Gasteiger partial charge on any atom is -0.494 e. The number of ether oxygens (including phenoxy) is 1. The number of nitrogens with two attached hydrogens (primary N) is 1. The molecule has 96 valence electrons. The molecule has 0 aliphatic carbocycles. The normalized spacial score (nSPS) is 12.4. The molecule has 3 heteroatoms. The SMILES string of the molecule is CCCCOc1ccc(C(CN)CNC)cc1. The van der Waals surface area contributed by atoms with Crippen LogP contribution in [-0.4, -0.2) is 26.7 Å². The van der Waals surface area contributed by atoms with Gasteiger partial charge in [-0.05, 0) is 31.2 Å². The first kappa shape index (κ1) is 14.0. The predicted octanol–water partition coefficient (Wildman–Crippen LogP) is 2.13. The Labute approximate surface area is 104 Å². The van der Waals surface area contributed by atoms with E-state index in [-0.39, 0.29) is 0 Å². The van der Waals surface area contributed by atoms with Crippen LogP contribution in [0.2, 0.25) is 0 Å². The summed E-state index contributed by atoms with van der Waals surface area (Å²) in [4.78, 5) is 0. The van der Waals surface area contributed by atoms with E-state index in [1.54, 1.807) is 0 Å². The first-order valence-electron chi connectivity index (χ1n) is 6.39. The smallest absolute Gasteiger partial charge is 0.119 e. The van der Waals surface area contributed by atoms with E-state index in [4.69, 9.17) is 10.5 Å². The van der Waals surface area contributed by atoms with Gasteiger partial charge in [-0.25, -0.2) is 0 Å². The molecule has 0 aliphatic rings. The molecule has 0 fully saturated rings. The van der Waals surface area contributed by atoms with Crippen LogP contribution in [-0.2, 0) is 0 Å². The number of unbranched alkanes of at least 4 members (excludes halogenated alkanes) is 1. The van der Waals surface area contributed by atoms with Crippen LogP contribution in [0, 0.1) is 0 Å². The van der Waals surface area contributed by atoms with Crippen molar-refractivity contribution in [3.8, 4) is 5.75 Å². The Hall–Kier alpha value is -1.06. The van der Waals surface area contributed by atoms with E-state index in [2.05, 4.69) is 24.4 Å². The lowest BCUT2D eigenvalue weighted by molar-refractivity contribution is 0.309. The average Bonchev–Trinajstić information content (AvgIpc) is 2.37. The van der Waals surface area contributed by atoms with Gasteiger partial charge in [-0.2, -0.15) is 0 Å². The molecule has 0 bridgehead atoms. The van der Waals surface area contributed by atoms with E-state index in [9.17, 15) is 0 Å². The van der Waals surface area contributed by atoms with Gasteiger partial charge < -0.3 is 15.8 Å². The summed E-state index contributed by atoms with van der Waals surface area (Å²) in [5.74, 6) is 1.33. The molecule has 1 atom stereocenters. The van der Waals surface area contributed by atoms with Crippen molar-refractivity contribution in [1.29, 1.82) is 0 Å². The number of hydrogen-bond acceptors (Lipinski definition) is 3. The molecular formula is C14H24N2O. The van der Waals surface area contributed by atoms with E-state index < -0.39 is 0 Å². The highest BCUT2D eigenvalue weighted by molar-refractivity contribution is 5.29. The van der Waals surface area contributed by atoms with Crippen LogP contribution >= 0.6 is 0 Å². The Morgan fingerprint density at radius 2 is 2.00 bits per heavy atom. The number of benzene rings is 1. The van der Waals surface area contributed by atoms with Gasteiger partial charge in [-0.1, -0.05) is 25.5 Å². The highest BCUT2D eigenvalue weighted by Crippen LogP contribution is 2.18. The number of nitrogens with one attached hydrogen (secondary N) is 1. The topological polar surface area (TPSA) is 47.3 Å². The molecule has 1 aromatic rings. The van der Waals surface area contributed by atoms with Gasteiger partial charge in [0.1, 0.15) is 5.75 Å². The lowest BCUT2D eigenvalue weighted by Gasteiger charge is -2.15. The summed E-state index contributed by atoms with van der Waals surface area (Å²) in [6.45, 7) is 4.53. The fraction of sp³-hybridized carbons (Fsp3) is 0.571. The Kier molecular flexibility index (Phi) is 6.67. The van der Waals surface area contributed by atoms with E-state index in [1.165, 1.54) is 5.56 Å². The number of rotatable bonds is 8. The highest BCUT2D eigenvalue weighted by atomic mass is 16.5. The summed E-state index contributed by atoms with van der Waals surface area (Å²) in [6, 6.07) is 8.28. The van der Waals surface area contributed by atoms with Gasteiger partial charge in [0.2, 0.25) is 0 Å². The van der Waals surface area contributed by atoms with Gasteiger partial charge in [-0.15, -0.1) is 0 Å². The summed E-state index contributed by atoms with van der Waals surface area (Å²) < 4.78 is 5.63. The first-order valence-corrected chi connectivity index (χ1v) is 6.39. The zero-order valence-corrected chi connectivity index (χ0v) is 10.9. The highest BCUT2D eigenvalue weighted by Gasteiger charge is 2.08. The molecule has 1 unspecified atom stereocenters. The van der Waals surface area contributed by atoms with Gasteiger partial charge in [0.25, 0.3) is 0 Å². The number of likely N-dealkylation sites (N-methyl/N-ethyl adjacent to an activating group) is 1. The first-order chi connectivity index (χ1) is 8.31. The molecule has 17 heavy (non-hydrogen) atoms. The van der Waals surface area contributed by atoms with Crippen LogP contribution in [0.15, 0.2) is 24.3 Å². The van der Waals surface area contributed by atoms with Crippen molar-refractivity contribution in [2.75, 3.05) is 26.7 Å². The fourth-order valence-corrected chi connectivity index (χ4v) is 1.75. The molecule has 1 rings (SSSR count). The summed E-state index contributed by atoms with van der Waals surface area (Å²) in [5.41, 5.74) is 7.02. The van der Waals surface area contributed by atoms with Gasteiger partial charge in [0, 0.05) is 19.0 Å². The van der Waals surface area contributed by atoms with Crippen LogP contribution in [0.4, 0.5) is 0 Å². The standard InChI is InChI=1S/C14H24N2O/c1-3-4-9-17-14-7-5-12(6-8-14)13(10-15)11-16-2/h5-8,13,16H,3-4,9-11,15H2,1-2H3. The summed E-state index contributed by atoms with van der Waals surface area (Å²) in [7, 11) is 1.95. The lowest BCUT2D eigenvalue weighted by atomic mass is 9.99. The van der Waals surface area contributed by atoms with Crippen molar-refractivity contribution in [3.05, 3.63) is 29.8 Å². The lowest BCUT2D eigenvalue weighted by Crippen LogP contribution is -2.23. The van der Waals surface area contributed by atoms with Gasteiger partial charge in [-0.3, -0.25) is 0 Å². The molecule has 0 aliphatic heterocycles. The zero-order chi connectivity index (χ0) is 12.5. The monoisotopic (exact) mass is 236 g/mol.